The minimum absolute atomic E-state index is 0.102. The van der Waals surface area contributed by atoms with Gasteiger partial charge in [0, 0.05) is 32.5 Å². The second-order valence-electron chi connectivity index (χ2n) is 9.22. The lowest BCUT2D eigenvalue weighted by molar-refractivity contribution is -0.123. The number of fused-ring (bicyclic) bond motifs is 2. The van der Waals surface area contributed by atoms with Crippen LogP contribution >= 0.6 is 0 Å². The molecule has 0 unspecified atom stereocenters. The number of methoxy groups -OCH3 is 1. The molecule has 4 atom stereocenters. The number of urea groups is 1. The van der Waals surface area contributed by atoms with Crippen molar-refractivity contribution in [1.82, 2.24) is 9.80 Å². The lowest BCUT2D eigenvalue weighted by Gasteiger charge is -2.31. The molecule has 2 aliphatic heterocycles. The maximum Gasteiger partial charge on any atom is 0.321 e. The average Bonchev–Trinajstić information content (AvgIpc) is 3.38. The molecule has 1 saturated carbocycles. The Balaban J connectivity index is 1.52. The summed E-state index contributed by atoms with van der Waals surface area (Å²) in [4.78, 5) is 30.0. The summed E-state index contributed by atoms with van der Waals surface area (Å²) in [7, 11) is 1.64. The molecule has 6 nitrogen and oxygen atoms in total. The summed E-state index contributed by atoms with van der Waals surface area (Å²) in [6.45, 7) is 1.37. The third-order valence-corrected chi connectivity index (χ3v) is 6.82. The summed E-state index contributed by atoms with van der Waals surface area (Å²) in [5.41, 5.74) is 1.03. The van der Waals surface area contributed by atoms with Crippen LogP contribution in [0.15, 0.2) is 36.4 Å². The van der Waals surface area contributed by atoms with Gasteiger partial charge >= 0.3 is 6.03 Å². The summed E-state index contributed by atoms with van der Waals surface area (Å²) < 4.78 is 5.24. The highest BCUT2D eigenvalue weighted by Crippen LogP contribution is 2.43. The van der Waals surface area contributed by atoms with Crippen LogP contribution in [0.1, 0.15) is 50.5 Å². The molecule has 1 N–H and O–H groups in total. The number of aliphatic hydroxyl groups is 1. The first-order chi connectivity index (χ1) is 15.0. The van der Waals surface area contributed by atoms with Crippen LogP contribution in [0.2, 0.25) is 0 Å². The standard InChI is InChI=1S/C25H34N2O4/c1-31-22-10-8-18(9-11-22)16-26-12-6-4-2-3-5-7-19-13-20(19)14-24(29)23-15-21(28)17-27(23)25(26)30/h5,7-11,19-21,23,28H,2-4,6,12-17H2,1H3/b7-5-/t19-,20+,21+,23+/m1/s1. The predicted octanol–water partition coefficient (Wildman–Crippen LogP) is 3.78. The SMILES string of the molecule is COc1ccc(CN2CCCCC/C=C\[C@@H]3C[C@H]3CC(=O)[C@@H]3C[C@H](O)CN3C2=O)cc1. The van der Waals surface area contributed by atoms with Crippen molar-refractivity contribution in [1.29, 1.82) is 0 Å². The van der Waals surface area contributed by atoms with Gasteiger partial charge in [-0.3, -0.25) is 4.79 Å². The van der Waals surface area contributed by atoms with Gasteiger partial charge in [-0.2, -0.15) is 0 Å². The first-order valence-electron chi connectivity index (χ1n) is 11.6. The number of hydrogen-bond acceptors (Lipinski definition) is 4. The fourth-order valence-corrected chi connectivity index (χ4v) is 4.85. The summed E-state index contributed by atoms with van der Waals surface area (Å²) >= 11 is 0. The van der Waals surface area contributed by atoms with E-state index in [2.05, 4.69) is 12.2 Å². The Kier molecular flexibility index (Phi) is 6.96. The molecule has 31 heavy (non-hydrogen) atoms. The van der Waals surface area contributed by atoms with E-state index in [1.165, 1.54) is 0 Å². The topological polar surface area (TPSA) is 70.1 Å². The molecular formula is C25H34N2O4. The van der Waals surface area contributed by atoms with E-state index in [9.17, 15) is 14.7 Å². The van der Waals surface area contributed by atoms with Crippen molar-refractivity contribution < 1.29 is 19.4 Å². The van der Waals surface area contributed by atoms with Crippen molar-refractivity contribution in [3.05, 3.63) is 42.0 Å². The molecule has 2 heterocycles. The number of Topliss-reactive ketones (excluding diaryl/α,β-unsaturated/α-hetero) is 1. The predicted molar refractivity (Wildman–Crippen MR) is 119 cm³/mol. The maximum absolute atomic E-state index is 13.5. The van der Waals surface area contributed by atoms with E-state index in [-0.39, 0.29) is 18.4 Å². The molecule has 6 heteroatoms. The van der Waals surface area contributed by atoms with Gasteiger partial charge in [-0.05, 0) is 55.2 Å². The molecule has 1 aromatic rings. The van der Waals surface area contributed by atoms with E-state index in [1.54, 1.807) is 12.0 Å². The van der Waals surface area contributed by atoms with Crippen LogP contribution in [-0.2, 0) is 11.3 Å². The molecule has 3 aliphatic rings. The van der Waals surface area contributed by atoms with E-state index < -0.39 is 12.1 Å². The lowest BCUT2D eigenvalue weighted by Crippen LogP contribution is -2.48. The van der Waals surface area contributed by atoms with E-state index in [1.807, 2.05) is 29.2 Å². The van der Waals surface area contributed by atoms with Crippen molar-refractivity contribution in [2.24, 2.45) is 11.8 Å². The normalized spacial score (nSPS) is 30.8. The monoisotopic (exact) mass is 426 g/mol. The third-order valence-electron chi connectivity index (χ3n) is 6.82. The highest BCUT2D eigenvalue weighted by atomic mass is 16.5. The minimum Gasteiger partial charge on any atom is -0.497 e. The molecule has 0 bridgehead atoms. The molecule has 2 amide bonds. The fourth-order valence-electron chi connectivity index (χ4n) is 4.85. The zero-order chi connectivity index (χ0) is 21.8. The van der Waals surface area contributed by atoms with Gasteiger partial charge in [-0.1, -0.05) is 30.7 Å². The number of carbonyl (C=O) groups is 2. The van der Waals surface area contributed by atoms with E-state index >= 15 is 0 Å². The molecule has 4 rings (SSSR count). The van der Waals surface area contributed by atoms with Crippen molar-refractivity contribution >= 4 is 11.8 Å². The molecule has 2 fully saturated rings. The summed E-state index contributed by atoms with van der Waals surface area (Å²) in [5, 5.41) is 10.3. The van der Waals surface area contributed by atoms with E-state index in [0.29, 0.717) is 37.8 Å². The molecule has 1 saturated heterocycles. The number of allylic oxidation sites excluding steroid dienone is 2. The zero-order valence-electron chi connectivity index (χ0n) is 18.4. The Morgan fingerprint density at radius 2 is 1.90 bits per heavy atom. The van der Waals surface area contributed by atoms with Crippen LogP contribution in [0.25, 0.3) is 0 Å². The number of ketones is 1. The van der Waals surface area contributed by atoms with Crippen molar-refractivity contribution in [2.75, 3.05) is 20.2 Å². The molecule has 0 aromatic heterocycles. The smallest absolute Gasteiger partial charge is 0.321 e. The number of ether oxygens (including phenoxy) is 1. The van der Waals surface area contributed by atoms with Crippen LogP contribution in [-0.4, -0.2) is 59.1 Å². The van der Waals surface area contributed by atoms with Gasteiger partial charge in [0.05, 0.1) is 19.3 Å². The number of rotatable bonds is 3. The van der Waals surface area contributed by atoms with Crippen LogP contribution in [0, 0.1) is 11.8 Å². The molecular weight excluding hydrogens is 392 g/mol. The summed E-state index contributed by atoms with van der Waals surface area (Å²) in [6.07, 6.45) is 10.0. The van der Waals surface area contributed by atoms with Crippen LogP contribution in [0.4, 0.5) is 4.79 Å². The largest absolute Gasteiger partial charge is 0.497 e. The second kappa shape index (κ2) is 9.86. The number of carbonyl (C=O) groups excluding carboxylic acids is 2. The Bertz CT molecular complexity index is 806. The first kappa shape index (κ1) is 21.9. The number of aliphatic hydroxyl groups excluding tert-OH is 1. The minimum atomic E-state index is -0.630. The van der Waals surface area contributed by atoms with Gasteiger partial charge in [0.2, 0.25) is 0 Å². The van der Waals surface area contributed by atoms with Gasteiger partial charge in [-0.25, -0.2) is 4.79 Å². The number of hydrogen-bond donors (Lipinski definition) is 1. The Labute approximate surface area is 184 Å². The highest BCUT2D eigenvalue weighted by molar-refractivity contribution is 5.89. The van der Waals surface area contributed by atoms with Crippen molar-refractivity contribution in [3.8, 4) is 5.75 Å². The van der Waals surface area contributed by atoms with Crippen molar-refractivity contribution in [2.45, 2.75) is 63.6 Å². The average molecular weight is 427 g/mol. The summed E-state index contributed by atoms with van der Waals surface area (Å²) in [6, 6.07) is 7.11. The van der Waals surface area contributed by atoms with Gasteiger partial charge in [0.25, 0.3) is 0 Å². The van der Waals surface area contributed by atoms with Gasteiger partial charge in [0.1, 0.15) is 5.75 Å². The fraction of sp³-hybridized carbons (Fsp3) is 0.600. The van der Waals surface area contributed by atoms with Crippen molar-refractivity contribution in [3.63, 3.8) is 0 Å². The Morgan fingerprint density at radius 1 is 1.10 bits per heavy atom. The van der Waals surface area contributed by atoms with Gasteiger partial charge in [0.15, 0.2) is 5.78 Å². The van der Waals surface area contributed by atoms with Crippen LogP contribution in [0.5, 0.6) is 5.75 Å². The second-order valence-corrected chi connectivity index (χ2v) is 9.22. The number of benzene rings is 1. The highest BCUT2D eigenvalue weighted by Gasteiger charge is 2.44. The molecule has 1 aromatic carbocycles. The zero-order valence-corrected chi connectivity index (χ0v) is 18.4. The van der Waals surface area contributed by atoms with Gasteiger partial charge in [-0.15, -0.1) is 0 Å². The Morgan fingerprint density at radius 3 is 2.68 bits per heavy atom. The third kappa shape index (κ3) is 5.48. The van der Waals surface area contributed by atoms with E-state index in [4.69, 9.17) is 4.74 Å². The maximum atomic E-state index is 13.5. The molecule has 1 aliphatic carbocycles. The Hall–Kier alpha value is -2.34. The van der Waals surface area contributed by atoms with E-state index in [0.717, 1.165) is 43.4 Å². The number of amides is 2. The lowest BCUT2D eigenvalue weighted by atomic mass is 10.0. The quantitative estimate of drug-likeness (QED) is 0.747. The van der Waals surface area contributed by atoms with Crippen LogP contribution < -0.4 is 4.74 Å². The summed E-state index contributed by atoms with van der Waals surface area (Å²) in [5.74, 6) is 1.80. The van der Waals surface area contributed by atoms with Crippen LogP contribution in [0.3, 0.4) is 0 Å². The number of nitrogens with zero attached hydrogens (tertiary/aromatic N) is 2. The molecule has 0 radical (unpaired) electrons. The molecule has 0 spiro atoms. The van der Waals surface area contributed by atoms with Gasteiger partial charge < -0.3 is 19.6 Å². The first-order valence-corrected chi connectivity index (χ1v) is 11.6. The molecule has 168 valence electrons.